The molecule has 2 nitrogen and oxygen atoms in total. The average Bonchev–Trinajstić information content (AvgIpc) is 3.87. The van der Waals surface area contributed by atoms with Gasteiger partial charge >= 0.3 is 0 Å². The van der Waals surface area contributed by atoms with E-state index in [0.29, 0.717) is 0 Å². The Morgan fingerprint density at radius 3 is 0.984 bits per heavy atom. The Bertz CT molecular complexity index is 3320. The fourth-order valence-electron chi connectivity index (χ4n) is 9.61. The number of aromatic nitrogens is 2. The van der Waals surface area contributed by atoms with Crippen LogP contribution in [0.3, 0.4) is 0 Å². The molecule has 0 saturated carbocycles. The first-order valence-corrected chi connectivity index (χ1v) is 21.3. The van der Waals surface area contributed by atoms with Gasteiger partial charge in [0.1, 0.15) is 0 Å². The molecule has 0 radical (unpaired) electrons. The molecule has 12 rings (SSSR count). The van der Waals surface area contributed by atoms with Crippen molar-refractivity contribution < 1.29 is 0 Å². The summed E-state index contributed by atoms with van der Waals surface area (Å²) in [5.74, 6) is 0. The summed E-state index contributed by atoms with van der Waals surface area (Å²) < 4.78 is 4.77. The van der Waals surface area contributed by atoms with Crippen LogP contribution in [0.1, 0.15) is 0 Å². The number of hydrogen-bond donors (Lipinski definition) is 0. The highest BCUT2D eigenvalue weighted by Crippen LogP contribution is 2.40. The van der Waals surface area contributed by atoms with Gasteiger partial charge in [0.15, 0.2) is 0 Å². The predicted octanol–water partition coefficient (Wildman–Crippen LogP) is 16.2. The van der Waals surface area contributed by atoms with Gasteiger partial charge in [0.2, 0.25) is 0 Å². The molecule has 0 fully saturated rings. The number of para-hydroxylation sites is 4. The van der Waals surface area contributed by atoms with Crippen molar-refractivity contribution in [2.24, 2.45) is 0 Å². The van der Waals surface area contributed by atoms with Gasteiger partial charge in [-0.15, -0.1) is 0 Å². The molecular formula is C60H40N2. The van der Waals surface area contributed by atoms with Crippen molar-refractivity contribution in [3.8, 4) is 67.0 Å². The van der Waals surface area contributed by atoms with Crippen LogP contribution in [0, 0.1) is 0 Å². The second-order valence-electron chi connectivity index (χ2n) is 16.1. The Morgan fingerprint density at radius 1 is 0.194 bits per heavy atom. The minimum absolute atomic E-state index is 1.15. The molecule has 2 aromatic heterocycles. The Kier molecular flexibility index (Phi) is 8.53. The van der Waals surface area contributed by atoms with Gasteiger partial charge in [0.05, 0.1) is 22.1 Å². The zero-order chi connectivity index (χ0) is 41.0. The molecule has 0 aliphatic heterocycles. The first-order valence-electron chi connectivity index (χ1n) is 21.3. The van der Waals surface area contributed by atoms with Crippen LogP contribution < -0.4 is 0 Å². The molecule has 0 spiro atoms. The van der Waals surface area contributed by atoms with Gasteiger partial charge in [-0.2, -0.15) is 0 Å². The molecule has 12 aromatic rings. The molecule has 0 aliphatic rings. The van der Waals surface area contributed by atoms with Gasteiger partial charge in [-0.05, 0) is 128 Å². The predicted molar refractivity (Wildman–Crippen MR) is 262 cm³/mol. The third-order valence-electron chi connectivity index (χ3n) is 12.5. The molecule has 0 aliphatic carbocycles. The normalized spacial score (nSPS) is 11.5. The van der Waals surface area contributed by atoms with E-state index in [4.69, 9.17) is 0 Å². The van der Waals surface area contributed by atoms with Gasteiger partial charge in [-0.3, -0.25) is 0 Å². The second kappa shape index (κ2) is 14.8. The molecule has 10 aromatic carbocycles. The SMILES string of the molecule is c1ccc(-c2cccc(-c3ccccc3-c3cc(-c4ccc(-n5c6ccccc6c6ccccc65)cc4)cc(-c4ccc(-n5c6ccccc6c6ccccc65)cc4)c3)c2)cc1. The summed E-state index contributed by atoms with van der Waals surface area (Å²) in [6.45, 7) is 0. The molecular weight excluding hydrogens is 749 g/mol. The maximum Gasteiger partial charge on any atom is 0.0541 e. The molecule has 0 bridgehead atoms. The first-order chi connectivity index (χ1) is 30.7. The maximum absolute atomic E-state index is 2.38. The van der Waals surface area contributed by atoms with Crippen molar-refractivity contribution >= 4 is 43.6 Å². The molecule has 0 saturated heterocycles. The number of rotatable bonds is 7. The van der Waals surface area contributed by atoms with Crippen LogP contribution in [0.2, 0.25) is 0 Å². The summed E-state index contributed by atoms with van der Waals surface area (Å²) >= 11 is 0. The summed E-state index contributed by atoms with van der Waals surface area (Å²) in [4.78, 5) is 0. The third kappa shape index (κ3) is 6.04. The Labute approximate surface area is 360 Å². The summed E-state index contributed by atoms with van der Waals surface area (Å²) in [6, 6.07) is 88.5. The molecule has 290 valence electrons. The Hall–Kier alpha value is -8.20. The molecule has 62 heavy (non-hydrogen) atoms. The van der Waals surface area contributed by atoms with E-state index < -0.39 is 0 Å². The van der Waals surface area contributed by atoms with Crippen molar-refractivity contribution in [2.75, 3.05) is 0 Å². The summed E-state index contributed by atoms with van der Waals surface area (Å²) in [6.07, 6.45) is 0. The van der Waals surface area contributed by atoms with E-state index in [9.17, 15) is 0 Å². The highest BCUT2D eigenvalue weighted by atomic mass is 15.0. The summed E-state index contributed by atoms with van der Waals surface area (Å²) in [5, 5.41) is 5.06. The van der Waals surface area contributed by atoms with Crippen LogP contribution in [0.15, 0.2) is 243 Å². The highest BCUT2D eigenvalue weighted by molar-refractivity contribution is 6.10. The van der Waals surface area contributed by atoms with E-state index in [1.807, 2.05) is 0 Å². The standard InChI is InChI=1S/C60H40N2/c1-2-15-41(16-3-1)44-17-14-18-45(37-44)51-19-4-5-20-52(51)48-39-46(42-29-33-49(34-30-42)61-57-25-10-6-21-53(57)54-22-7-11-26-58(54)61)38-47(40-48)43-31-35-50(36-32-43)62-59-27-12-8-23-55(59)56-24-9-13-28-60(56)62/h1-40H. The van der Waals surface area contributed by atoms with Gasteiger partial charge in [0, 0.05) is 32.9 Å². The Morgan fingerprint density at radius 2 is 0.516 bits per heavy atom. The van der Waals surface area contributed by atoms with E-state index in [1.54, 1.807) is 0 Å². The van der Waals surface area contributed by atoms with E-state index in [2.05, 4.69) is 252 Å². The quantitative estimate of drug-likeness (QED) is 0.152. The molecule has 0 atom stereocenters. The number of nitrogens with zero attached hydrogens (tertiary/aromatic N) is 2. The van der Waals surface area contributed by atoms with Crippen molar-refractivity contribution in [3.63, 3.8) is 0 Å². The van der Waals surface area contributed by atoms with E-state index in [-0.39, 0.29) is 0 Å². The van der Waals surface area contributed by atoms with Gasteiger partial charge in [-0.1, -0.05) is 170 Å². The largest absolute Gasteiger partial charge is 0.309 e. The lowest BCUT2D eigenvalue weighted by molar-refractivity contribution is 1.18. The number of benzene rings is 10. The molecule has 2 heterocycles. The van der Waals surface area contributed by atoms with E-state index >= 15 is 0 Å². The third-order valence-corrected chi connectivity index (χ3v) is 12.5. The fraction of sp³-hybridized carbons (Fsp3) is 0. The van der Waals surface area contributed by atoms with Crippen LogP contribution in [0.5, 0.6) is 0 Å². The molecule has 0 N–H and O–H groups in total. The van der Waals surface area contributed by atoms with Crippen LogP contribution in [-0.4, -0.2) is 9.13 Å². The van der Waals surface area contributed by atoms with Crippen molar-refractivity contribution in [2.45, 2.75) is 0 Å². The Balaban J connectivity index is 0.999. The molecule has 0 amide bonds. The van der Waals surface area contributed by atoms with Crippen molar-refractivity contribution in [1.82, 2.24) is 9.13 Å². The smallest absolute Gasteiger partial charge is 0.0541 e. The molecule has 2 heteroatoms. The fourth-order valence-corrected chi connectivity index (χ4v) is 9.61. The first kappa shape index (κ1) is 35.7. The average molecular weight is 789 g/mol. The van der Waals surface area contributed by atoms with E-state index in [1.165, 1.54) is 99.2 Å². The van der Waals surface area contributed by atoms with Crippen LogP contribution in [-0.2, 0) is 0 Å². The second-order valence-corrected chi connectivity index (χ2v) is 16.1. The zero-order valence-electron chi connectivity index (χ0n) is 34.0. The van der Waals surface area contributed by atoms with Gasteiger partial charge in [-0.25, -0.2) is 0 Å². The summed E-state index contributed by atoms with van der Waals surface area (Å²) in [5.41, 5.74) is 19.0. The lowest BCUT2D eigenvalue weighted by Gasteiger charge is -2.16. The zero-order valence-corrected chi connectivity index (χ0v) is 34.0. The molecule has 0 unspecified atom stereocenters. The van der Waals surface area contributed by atoms with E-state index in [0.717, 1.165) is 11.4 Å². The minimum atomic E-state index is 1.15. The van der Waals surface area contributed by atoms with Crippen LogP contribution >= 0.6 is 0 Å². The highest BCUT2D eigenvalue weighted by Gasteiger charge is 2.16. The van der Waals surface area contributed by atoms with Crippen LogP contribution in [0.25, 0.3) is 111 Å². The topological polar surface area (TPSA) is 9.86 Å². The van der Waals surface area contributed by atoms with Gasteiger partial charge in [0.25, 0.3) is 0 Å². The minimum Gasteiger partial charge on any atom is -0.309 e. The lowest BCUT2D eigenvalue weighted by Crippen LogP contribution is -1.94. The van der Waals surface area contributed by atoms with Crippen molar-refractivity contribution in [3.05, 3.63) is 243 Å². The summed E-state index contributed by atoms with van der Waals surface area (Å²) in [7, 11) is 0. The van der Waals surface area contributed by atoms with Crippen LogP contribution in [0.4, 0.5) is 0 Å². The lowest BCUT2D eigenvalue weighted by atomic mass is 9.89. The monoisotopic (exact) mass is 788 g/mol. The number of fused-ring (bicyclic) bond motifs is 6. The van der Waals surface area contributed by atoms with Crippen molar-refractivity contribution in [1.29, 1.82) is 0 Å². The maximum atomic E-state index is 2.38. The number of hydrogen-bond acceptors (Lipinski definition) is 0. The van der Waals surface area contributed by atoms with Gasteiger partial charge < -0.3 is 9.13 Å².